The van der Waals surface area contributed by atoms with Crippen LogP contribution in [-0.4, -0.2) is 56.1 Å². The molecule has 6 nitrogen and oxygen atoms in total. The van der Waals surface area contributed by atoms with Gasteiger partial charge in [-0.05, 0) is 45.0 Å². The van der Waals surface area contributed by atoms with Gasteiger partial charge in [-0.3, -0.25) is 9.69 Å². The summed E-state index contributed by atoms with van der Waals surface area (Å²) < 4.78 is 40.6. The van der Waals surface area contributed by atoms with E-state index in [4.69, 9.17) is 9.47 Å². The lowest BCUT2D eigenvalue weighted by Crippen LogP contribution is -2.47. The second-order valence-corrected chi connectivity index (χ2v) is 6.52. The average molecular weight is 370 g/mol. The fraction of sp³-hybridized carbons (Fsp3) is 0.611. The maximum Gasteiger partial charge on any atom is 0.387 e. The van der Waals surface area contributed by atoms with Crippen molar-refractivity contribution in [3.05, 3.63) is 24.3 Å². The average Bonchev–Trinajstić information content (AvgIpc) is 3.17. The Labute approximate surface area is 151 Å². The Morgan fingerprint density at radius 3 is 2.54 bits per heavy atom. The van der Waals surface area contributed by atoms with Crippen LogP contribution < -0.4 is 10.1 Å². The molecule has 1 N–H and O–H groups in total. The summed E-state index contributed by atoms with van der Waals surface area (Å²) in [6.45, 7) is 1.68. The number of ether oxygens (including phenoxy) is 3. The Kier molecular flexibility index (Phi) is 6.39. The van der Waals surface area contributed by atoms with Crippen LogP contribution in [0.2, 0.25) is 0 Å². The molecule has 1 unspecified atom stereocenters. The molecule has 2 aliphatic rings. The number of nitrogens with zero attached hydrogens (tertiary/aromatic N) is 1. The molecular formula is C18H24F2N2O4. The quantitative estimate of drug-likeness (QED) is 0.834. The number of para-hydroxylation sites is 2. The third kappa shape index (κ3) is 4.69. The summed E-state index contributed by atoms with van der Waals surface area (Å²) in [7, 11) is 0. The van der Waals surface area contributed by atoms with Gasteiger partial charge in [-0.2, -0.15) is 8.78 Å². The number of hydrogen-bond donors (Lipinski definition) is 1. The zero-order valence-corrected chi connectivity index (χ0v) is 14.7. The first-order valence-electron chi connectivity index (χ1n) is 8.86. The highest BCUT2D eigenvalue weighted by Crippen LogP contribution is 2.28. The van der Waals surface area contributed by atoms with Crippen molar-refractivity contribution in [3.63, 3.8) is 0 Å². The van der Waals surface area contributed by atoms with Crippen LogP contribution in [0.15, 0.2) is 24.3 Å². The maximum atomic E-state index is 12.5. The van der Waals surface area contributed by atoms with Gasteiger partial charge >= 0.3 is 6.61 Å². The van der Waals surface area contributed by atoms with E-state index in [0.717, 1.165) is 25.9 Å². The molecule has 3 rings (SSSR count). The van der Waals surface area contributed by atoms with E-state index in [1.165, 1.54) is 6.07 Å². The molecule has 1 aromatic rings. The lowest BCUT2D eigenvalue weighted by molar-refractivity contribution is -0.123. The van der Waals surface area contributed by atoms with Gasteiger partial charge in [0.25, 0.3) is 0 Å². The molecule has 1 atom stereocenters. The summed E-state index contributed by atoms with van der Waals surface area (Å²) in [6.07, 6.45) is 1.67. The van der Waals surface area contributed by atoms with E-state index in [2.05, 4.69) is 15.0 Å². The van der Waals surface area contributed by atoms with E-state index < -0.39 is 6.61 Å². The van der Waals surface area contributed by atoms with E-state index in [9.17, 15) is 13.6 Å². The highest BCUT2D eigenvalue weighted by molar-refractivity contribution is 5.95. The van der Waals surface area contributed by atoms with Crippen LogP contribution >= 0.6 is 0 Å². The molecule has 0 saturated carbocycles. The number of amides is 1. The Morgan fingerprint density at radius 1 is 1.23 bits per heavy atom. The number of alkyl halides is 2. The number of piperidine rings is 1. The SMILES string of the molecule is CC(C(=O)Nc1ccccc1OC(F)F)N1CCC(C2OCCO2)CC1. The van der Waals surface area contributed by atoms with Gasteiger partial charge in [-0.15, -0.1) is 0 Å². The van der Waals surface area contributed by atoms with Crippen molar-refractivity contribution < 1.29 is 27.8 Å². The molecule has 0 aliphatic carbocycles. The monoisotopic (exact) mass is 370 g/mol. The lowest BCUT2D eigenvalue weighted by atomic mass is 9.95. The third-order valence-electron chi connectivity index (χ3n) is 4.89. The minimum Gasteiger partial charge on any atom is -0.433 e. The summed E-state index contributed by atoms with van der Waals surface area (Å²) in [5.41, 5.74) is 0.243. The second kappa shape index (κ2) is 8.75. The van der Waals surface area contributed by atoms with Crippen LogP contribution in [-0.2, 0) is 14.3 Å². The van der Waals surface area contributed by atoms with Gasteiger partial charge in [-0.25, -0.2) is 0 Å². The molecule has 2 fully saturated rings. The van der Waals surface area contributed by atoms with Gasteiger partial charge in [-0.1, -0.05) is 12.1 Å². The fourth-order valence-electron chi connectivity index (χ4n) is 3.40. The molecule has 1 amide bonds. The number of carbonyl (C=O) groups excluding carboxylic acids is 1. The van der Waals surface area contributed by atoms with E-state index in [-0.39, 0.29) is 29.7 Å². The summed E-state index contributed by atoms with van der Waals surface area (Å²) in [4.78, 5) is 14.6. The largest absolute Gasteiger partial charge is 0.433 e. The minimum atomic E-state index is -2.94. The highest BCUT2D eigenvalue weighted by Gasteiger charge is 2.33. The Bertz CT molecular complexity index is 603. The minimum absolute atomic E-state index is 0.0442. The van der Waals surface area contributed by atoms with Gasteiger partial charge in [0.05, 0.1) is 24.9 Å². The number of hydrogen-bond acceptors (Lipinski definition) is 5. The summed E-state index contributed by atoms with van der Waals surface area (Å²) in [6, 6.07) is 5.81. The number of likely N-dealkylation sites (tertiary alicyclic amines) is 1. The van der Waals surface area contributed by atoms with Gasteiger partial charge in [0, 0.05) is 5.92 Å². The van der Waals surface area contributed by atoms with Crippen molar-refractivity contribution in [1.82, 2.24) is 4.90 Å². The fourth-order valence-corrected chi connectivity index (χ4v) is 3.40. The topological polar surface area (TPSA) is 60.0 Å². The molecule has 8 heteroatoms. The van der Waals surface area contributed by atoms with Gasteiger partial charge < -0.3 is 19.5 Å². The van der Waals surface area contributed by atoms with Crippen molar-refractivity contribution in [2.75, 3.05) is 31.6 Å². The Hall–Kier alpha value is -1.77. The number of carbonyl (C=O) groups is 1. The lowest BCUT2D eigenvalue weighted by Gasteiger charge is -2.36. The molecular weight excluding hydrogens is 346 g/mol. The molecule has 2 heterocycles. The van der Waals surface area contributed by atoms with E-state index >= 15 is 0 Å². The molecule has 26 heavy (non-hydrogen) atoms. The van der Waals surface area contributed by atoms with Crippen LogP contribution in [0.5, 0.6) is 5.75 Å². The zero-order chi connectivity index (χ0) is 18.5. The molecule has 0 aromatic heterocycles. The zero-order valence-electron chi connectivity index (χ0n) is 14.7. The van der Waals surface area contributed by atoms with Crippen LogP contribution in [0.25, 0.3) is 0 Å². The third-order valence-corrected chi connectivity index (χ3v) is 4.89. The first kappa shape index (κ1) is 19.0. The number of anilines is 1. The molecule has 0 bridgehead atoms. The standard InChI is InChI=1S/C18H24F2N2O4/c1-12(22-8-6-13(7-9-22)17-24-10-11-25-17)16(23)21-14-4-2-3-5-15(14)26-18(19)20/h2-5,12-13,17-18H,6-11H2,1H3,(H,21,23). The Morgan fingerprint density at radius 2 is 1.88 bits per heavy atom. The number of benzene rings is 1. The van der Waals surface area contributed by atoms with Crippen LogP contribution in [0.4, 0.5) is 14.5 Å². The van der Waals surface area contributed by atoms with Crippen molar-refractivity contribution in [3.8, 4) is 5.75 Å². The Balaban J connectivity index is 1.54. The molecule has 1 aromatic carbocycles. The predicted octanol–water partition coefficient (Wildman–Crippen LogP) is 2.70. The summed E-state index contributed by atoms with van der Waals surface area (Å²) >= 11 is 0. The number of nitrogens with one attached hydrogen (secondary N) is 1. The maximum absolute atomic E-state index is 12.5. The molecule has 144 valence electrons. The molecule has 2 saturated heterocycles. The van der Waals surface area contributed by atoms with Crippen molar-refractivity contribution in [2.24, 2.45) is 5.92 Å². The summed E-state index contributed by atoms with van der Waals surface area (Å²) in [5.74, 6) is 0.0589. The smallest absolute Gasteiger partial charge is 0.387 e. The predicted molar refractivity (Wildman–Crippen MR) is 91.2 cm³/mol. The highest BCUT2D eigenvalue weighted by atomic mass is 19.3. The van der Waals surface area contributed by atoms with Gasteiger partial charge in [0.15, 0.2) is 6.29 Å². The van der Waals surface area contributed by atoms with E-state index in [1.54, 1.807) is 18.2 Å². The normalized spacial score (nSPS) is 21.1. The van der Waals surface area contributed by atoms with E-state index in [0.29, 0.717) is 19.1 Å². The first-order chi connectivity index (χ1) is 12.5. The molecule has 2 aliphatic heterocycles. The molecule has 0 radical (unpaired) electrons. The summed E-state index contributed by atoms with van der Waals surface area (Å²) in [5, 5.41) is 2.69. The first-order valence-corrected chi connectivity index (χ1v) is 8.86. The number of halogens is 2. The van der Waals surface area contributed by atoms with E-state index in [1.807, 2.05) is 6.92 Å². The van der Waals surface area contributed by atoms with Crippen LogP contribution in [0.3, 0.4) is 0 Å². The van der Waals surface area contributed by atoms with Gasteiger partial charge in [0.2, 0.25) is 5.91 Å². The second-order valence-electron chi connectivity index (χ2n) is 6.52. The molecule has 0 spiro atoms. The van der Waals surface area contributed by atoms with Crippen molar-refractivity contribution in [2.45, 2.75) is 38.7 Å². The van der Waals surface area contributed by atoms with Crippen molar-refractivity contribution >= 4 is 11.6 Å². The van der Waals surface area contributed by atoms with Gasteiger partial charge in [0.1, 0.15) is 5.75 Å². The van der Waals surface area contributed by atoms with Crippen LogP contribution in [0, 0.1) is 5.92 Å². The number of rotatable bonds is 6. The van der Waals surface area contributed by atoms with Crippen LogP contribution in [0.1, 0.15) is 19.8 Å². The van der Waals surface area contributed by atoms with Crippen molar-refractivity contribution in [1.29, 1.82) is 0 Å².